The molecule has 0 radical (unpaired) electrons. The van der Waals surface area contributed by atoms with Gasteiger partial charge >= 0.3 is 0 Å². The Balaban J connectivity index is 2.25. The minimum Gasteiger partial charge on any atom is -0.289 e. The van der Waals surface area contributed by atoms with E-state index in [0.717, 1.165) is 18.3 Å². The van der Waals surface area contributed by atoms with E-state index in [2.05, 4.69) is 34.3 Å². The zero-order valence-electron chi connectivity index (χ0n) is 8.77. The highest BCUT2D eigenvalue weighted by atomic mass is 14.7. The van der Waals surface area contributed by atoms with Gasteiger partial charge in [-0.1, -0.05) is 6.08 Å². The van der Waals surface area contributed by atoms with Crippen molar-refractivity contribution in [2.24, 2.45) is 9.98 Å². The van der Waals surface area contributed by atoms with Crippen LogP contribution in [0.15, 0.2) is 27.8 Å². The molecule has 0 saturated heterocycles. The van der Waals surface area contributed by atoms with E-state index in [0.29, 0.717) is 0 Å². The van der Waals surface area contributed by atoms with Crippen molar-refractivity contribution in [2.75, 3.05) is 6.54 Å². The van der Waals surface area contributed by atoms with Crippen LogP contribution >= 0.6 is 0 Å². The number of fused-ring (bicyclic) bond motifs is 3. The van der Waals surface area contributed by atoms with E-state index in [4.69, 9.17) is 0 Å². The van der Waals surface area contributed by atoms with Crippen LogP contribution < -0.4 is 10.6 Å². The predicted molar refractivity (Wildman–Crippen MR) is 65.8 cm³/mol. The van der Waals surface area contributed by atoms with Crippen molar-refractivity contribution in [3.8, 4) is 0 Å². The molecule has 76 valence electrons. The lowest BCUT2D eigenvalue weighted by atomic mass is 9.88. The molecule has 16 heavy (non-hydrogen) atoms. The first kappa shape index (κ1) is 8.22. The monoisotopic (exact) mass is 206 g/mol. The Morgan fingerprint density at radius 2 is 2.19 bits per heavy atom. The molecule has 1 aromatic carbocycles. The zero-order chi connectivity index (χ0) is 10.5. The Kier molecular flexibility index (Phi) is 1.43. The molecule has 0 unspecified atom stereocenters. The topological polar surface area (TPSA) is 24.7 Å². The third-order valence-corrected chi connectivity index (χ3v) is 3.37. The molecule has 0 amide bonds. The van der Waals surface area contributed by atoms with E-state index in [-0.39, 0.29) is 0 Å². The molecule has 3 aliphatic heterocycles. The third kappa shape index (κ3) is 0.963. The molecule has 2 nitrogen and oxygen atoms in total. The van der Waals surface area contributed by atoms with Gasteiger partial charge in [-0.2, -0.15) is 0 Å². The first-order chi connectivity index (χ1) is 7.92. The van der Waals surface area contributed by atoms with Crippen LogP contribution in [-0.4, -0.2) is 12.8 Å². The van der Waals surface area contributed by atoms with Gasteiger partial charge < -0.3 is 0 Å². The molecule has 5 rings (SSSR count). The fraction of sp³-hybridized carbons (Fsp3) is 0.143. The number of benzene rings is 1. The summed E-state index contributed by atoms with van der Waals surface area (Å²) in [5.74, 6) is 0. The molecule has 0 saturated carbocycles. The highest BCUT2D eigenvalue weighted by molar-refractivity contribution is 5.93. The normalized spacial score (nSPS) is 18.4. The van der Waals surface area contributed by atoms with Crippen LogP contribution in [0, 0.1) is 0 Å². The van der Waals surface area contributed by atoms with Gasteiger partial charge in [0, 0.05) is 18.0 Å². The second-order valence-corrected chi connectivity index (χ2v) is 4.38. The summed E-state index contributed by atoms with van der Waals surface area (Å²) in [5.41, 5.74) is 5.39. The molecule has 0 spiro atoms. The van der Waals surface area contributed by atoms with E-state index in [1.807, 2.05) is 12.4 Å². The number of hydrogen-bond donors (Lipinski definition) is 0. The number of rotatable bonds is 0. The highest BCUT2D eigenvalue weighted by Gasteiger charge is 2.17. The van der Waals surface area contributed by atoms with Crippen LogP contribution in [0.4, 0.5) is 0 Å². The summed E-state index contributed by atoms with van der Waals surface area (Å²) < 4.78 is 0. The van der Waals surface area contributed by atoms with Crippen LogP contribution in [0.25, 0.3) is 18.2 Å². The average molecular weight is 206 g/mol. The summed E-state index contributed by atoms with van der Waals surface area (Å²) in [5, 5.41) is 2.45. The summed E-state index contributed by atoms with van der Waals surface area (Å²) in [7, 11) is 0. The molecule has 2 heteroatoms. The van der Waals surface area contributed by atoms with E-state index >= 15 is 0 Å². The van der Waals surface area contributed by atoms with E-state index in [9.17, 15) is 0 Å². The maximum absolute atomic E-state index is 4.39. The molecular weight excluding hydrogens is 196 g/mol. The largest absolute Gasteiger partial charge is 0.289 e. The second kappa shape index (κ2) is 2.79. The van der Waals surface area contributed by atoms with Crippen LogP contribution in [-0.2, 0) is 6.42 Å². The van der Waals surface area contributed by atoms with Crippen LogP contribution in [0.3, 0.4) is 0 Å². The van der Waals surface area contributed by atoms with Crippen LogP contribution in [0.2, 0.25) is 0 Å². The van der Waals surface area contributed by atoms with Gasteiger partial charge in [-0.25, -0.2) is 0 Å². The molecule has 1 aromatic rings. The van der Waals surface area contributed by atoms with Crippen molar-refractivity contribution in [3.05, 3.63) is 45.1 Å². The van der Waals surface area contributed by atoms with Crippen molar-refractivity contribution in [1.29, 1.82) is 0 Å². The predicted octanol–water partition coefficient (Wildman–Crippen LogP) is 1.09. The lowest BCUT2D eigenvalue weighted by Gasteiger charge is -2.18. The first-order valence-corrected chi connectivity index (χ1v) is 5.52. The van der Waals surface area contributed by atoms with Crippen molar-refractivity contribution in [3.63, 3.8) is 0 Å². The standard InChI is InChI=1S/C14H10N2/c1-3-15-8-9-5-10-7-14-12(2-4-16-14)13(6-9)11(1)10/h1-4,6-7H,5,8H2. The average Bonchev–Trinajstić information content (AvgIpc) is 2.65. The van der Waals surface area contributed by atoms with Crippen molar-refractivity contribution >= 4 is 24.4 Å². The molecule has 0 aromatic heterocycles. The lowest BCUT2D eigenvalue weighted by Crippen LogP contribution is -2.27. The summed E-state index contributed by atoms with van der Waals surface area (Å²) >= 11 is 0. The highest BCUT2D eigenvalue weighted by Crippen LogP contribution is 2.20. The molecule has 3 heterocycles. The van der Waals surface area contributed by atoms with Crippen molar-refractivity contribution in [2.45, 2.75) is 6.42 Å². The Hall–Kier alpha value is -1.96. The van der Waals surface area contributed by atoms with Crippen LogP contribution in [0.5, 0.6) is 0 Å². The van der Waals surface area contributed by atoms with Crippen molar-refractivity contribution < 1.29 is 0 Å². The molecular formula is C14H10N2. The Labute approximate surface area is 93.1 Å². The van der Waals surface area contributed by atoms with Gasteiger partial charge in [0.25, 0.3) is 0 Å². The summed E-state index contributed by atoms with van der Waals surface area (Å²) in [4.78, 5) is 8.75. The molecule has 4 aliphatic rings. The number of nitrogens with zero attached hydrogens (tertiary/aromatic N) is 2. The van der Waals surface area contributed by atoms with Gasteiger partial charge in [-0.15, -0.1) is 0 Å². The first-order valence-electron chi connectivity index (χ1n) is 5.52. The quantitative estimate of drug-likeness (QED) is 0.607. The van der Waals surface area contributed by atoms with Crippen molar-refractivity contribution in [1.82, 2.24) is 0 Å². The summed E-state index contributed by atoms with van der Waals surface area (Å²) in [6, 6.07) is 2.22. The van der Waals surface area contributed by atoms with E-state index in [1.54, 1.807) is 0 Å². The van der Waals surface area contributed by atoms with E-state index in [1.165, 1.54) is 27.5 Å². The fourth-order valence-corrected chi connectivity index (χ4v) is 2.65. The maximum atomic E-state index is 4.39. The summed E-state index contributed by atoms with van der Waals surface area (Å²) in [6.45, 7) is 0.827. The maximum Gasteiger partial charge on any atom is 0.0711 e. The van der Waals surface area contributed by atoms with E-state index < -0.39 is 0 Å². The van der Waals surface area contributed by atoms with Gasteiger partial charge in [0.1, 0.15) is 0 Å². The third-order valence-electron chi connectivity index (χ3n) is 3.37. The molecule has 1 aliphatic carbocycles. The Morgan fingerprint density at radius 3 is 3.19 bits per heavy atom. The minimum atomic E-state index is 0.827. The Bertz CT molecular complexity index is 703. The van der Waals surface area contributed by atoms with Crippen LogP contribution in [0.1, 0.15) is 16.7 Å². The second-order valence-electron chi connectivity index (χ2n) is 4.38. The molecule has 0 atom stereocenters. The summed E-state index contributed by atoms with van der Waals surface area (Å²) in [6.07, 6.45) is 11.4. The zero-order valence-corrected chi connectivity index (χ0v) is 8.77. The number of aliphatic imine (C=N–C) groups is 1. The molecule has 0 fully saturated rings. The molecule has 4 bridgehead atoms. The Morgan fingerprint density at radius 1 is 1.19 bits per heavy atom. The smallest absolute Gasteiger partial charge is 0.0711 e. The van der Waals surface area contributed by atoms with Gasteiger partial charge in [0.05, 0.1) is 11.9 Å². The van der Waals surface area contributed by atoms with Gasteiger partial charge in [-0.3, -0.25) is 9.98 Å². The van der Waals surface area contributed by atoms with Gasteiger partial charge in [-0.05, 0) is 46.6 Å². The molecule has 0 N–H and O–H groups in total. The number of hydrogen-bond acceptors (Lipinski definition) is 2. The SMILES string of the molecule is C1=Cc2c3c4c(cc2=N1)CC(=C3)CN=CC=4. The lowest BCUT2D eigenvalue weighted by molar-refractivity contribution is 1.02. The fourth-order valence-electron chi connectivity index (χ4n) is 2.65. The van der Waals surface area contributed by atoms with Gasteiger partial charge in [0.15, 0.2) is 0 Å². The minimum absolute atomic E-state index is 0.827. The van der Waals surface area contributed by atoms with Gasteiger partial charge in [0.2, 0.25) is 0 Å².